The smallest absolute Gasteiger partial charge is 0.0257 e. The highest BCUT2D eigenvalue weighted by atomic mass is 14.7. The van der Waals surface area contributed by atoms with E-state index < -0.39 is 0 Å². The standard InChI is InChI=1S/C14H26/c1-12(2,3)11-13(4,5)10-7-8-14(11,6)9-10/h10-11H,7-9H2,1-6H3/t10-,11?,14+/m0/s1. The molecule has 0 saturated heterocycles. The van der Waals surface area contributed by atoms with Gasteiger partial charge in [-0.25, -0.2) is 0 Å². The van der Waals surface area contributed by atoms with Gasteiger partial charge in [-0.1, -0.05) is 41.5 Å². The van der Waals surface area contributed by atoms with Crippen LogP contribution in [0.3, 0.4) is 0 Å². The summed E-state index contributed by atoms with van der Waals surface area (Å²) in [4.78, 5) is 0. The number of rotatable bonds is 0. The third kappa shape index (κ3) is 1.19. The average Bonchev–Trinajstić information content (AvgIpc) is 2.34. The first kappa shape index (κ1) is 10.5. The average molecular weight is 194 g/mol. The van der Waals surface area contributed by atoms with Crippen molar-refractivity contribution in [1.82, 2.24) is 0 Å². The van der Waals surface area contributed by atoms with E-state index in [4.69, 9.17) is 0 Å². The molecule has 0 radical (unpaired) electrons. The molecular formula is C14H26. The molecule has 2 rings (SSSR count). The minimum absolute atomic E-state index is 0.480. The molecule has 0 aromatic heterocycles. The lowest BCUT2D eigenvalue weighted by Crippen LogP contribution is -2.43. The third-order valence-electron chi connectivity index (χ3n) is 5.14. The van der Waals surface area contributed by atoms with Crippen LogP contribution in [0.25, 0.3) is 0 Å². The fraction of sp³-hybridized carbons (Fsp3) is 1.00. The molecule has 0 aromatic carbocycles. The highest BCUT2D eigenvalue weighted by Gasteiger charge is 2.61. The van der Waals surface area contributed by atoms with Gasteiger partial charge in [-0.05, 0) is 47.3 Å². The van der Waals surface area contributed by atoms with Gasteiger partial charge in [-0.15, -0.1) is 0 Å². The normalized spacial score (nSPS) is 45.9. The predicted octanol–water partition coefficient (Wildman–Crippen LogP) is 4.49. The van der Waals surface area contributed by atoms with Gasteiger partial charge >= 0.3 is 0 Å². The van der Waals surface area contributed by atoms with Gasteiger partial charge in [0.25, 0.3) is 0 Å². The molecule has 82 valence electrons. The predicted molar refractivity (Wildman–Crippen MR) is 62.2 cm³/mol. The van der Waals surface area contributed by atoms with E-state index in [9.17, 15) is 0 Å². The lowest BCUT2D eigenvalue weighted by atomic mass is 9.55. The summed E-state index contributed by atoms with van der Waals surface area (Å²) in [5.74, 6) is 1.90. The maximum atomic E-state index is 2.54. The van der Waals surface area contributed by atoms with Crippen LogP contribution >= 0.6 is 0 Å². The Kier molecular flexibility index (Phi) is 1.93. The van der Waals surface area contributed by atoms with E-state index in [1.165, 1.54) is 19.3 Å². The van der Waals surface area contributed by atoms with Gasteiger partial charge in [0.05, 0.1) is 0 Å². The molecule has 2 saturated carbocycles. The zero-order valence-electron chi connectivity index (χ0n) is 10.8. The van der Waals surface area contributed by atoms with Crippen molar-refractivity contribution in [2.75, 3.05) is 0 Å². The van der Waals surface area contributed by atoms with Crippen LogP contribution in [0, 0.1) is 28.1 Å². The van der Waals surface area contributed by atoms with Crippen LogP contribution in [-0.2, 0) is 0 Å². The first-order chi connectivity index (χ1) is 6.18. The SMILES string of the molecule is CC(C)(C)C1C(C)(C)[C@H]2CC[C@]1(C)C2. The monoisotopic (exact) mass is 194 g/mol. The Morgan fingerprint density at radius 1 is 1.07 bits per heavy atom. The number of hydrogen-bond donors (Lipinski definition) is 0. The molecule has 0 nitrogen and oxygen atoms in total. The second-order valence-corrected chi connectivity index (χ2v) is 7.71. The van der Waals surface area contributed by atoms with Crippen LogP contribution in [0.5, 0.6) is 0 Å². The van der Waals surface area contributed by atoms with Crippen molar-refractivity contribution in [3.05, 3.63) is 0 Å². The minimum atomic E-state index is 0.480. The van der Waals surface area contributed by atoms with Crippen molar-refractivity contribution >= 4 is 0 Å². The molecule has 0 aliphatic heterocycles. The third-order valence-corrected chi connectivity index (χ3v) is 5.14. The summed E-state index contributed by atoms with van der Waals surface area (Å²) in [5.41, 5.74) is 1.70. The molecular weight excluding hydrogens is 168 g/mol. The fourth-order valence-electron chi connectivity index (χ4n) is 5.46. The van der Waals surface area contributed by atoms with Crippen molar-refractivity contribution in [2.45, 2.75) is 60.8 Å². The van der Waals surface area contributed by atoms with Gasteiger partial charge in [0.1, 0.15) is 0 Å². The van der Waals surface area contributed by atoms with Crippen molar-refractivity contribution in [3.8, 4) is 0 Å². The Morgan fingerprint density at radius 2 is 1.64 bits per heavy atom. The quantitative estimate of drug-likeness (QED) is 0.533. The highest BCUT2D eigenvalue weighted by Crippen LogP contribution is 2.70. The van der Waals surface area contributed by atoms with Crippen LogP contribution in [-0.4, -0.2) is 0 Å². The van der Waals surface area contributed by atoms with E-state index in [0.717, 1.165) is 11.8 Å². The molecule has 2 aliphatic rings. The van der Waals surface area contributed by atoms with Crippen LogP contribution in [0.15, 0.2) is 0 Å². The van der Waals surface area contributed by atoms with Gasteiger partial charge in [-0.2, -0.15) is 0 Å². The Morgan fingerprint density at radius 3 is 1.93 bits per heavy atom. The molecule has 0 aromatic rings. The van der Waals surface area contributed by atoms with Gasteiger partial charge in [0.15, 0.2) is 0 Å². The zero-order chi connectivity index (χ0) is 10.8. The van der Waals surface area contributed by atoms with E-state index in [2.05, 4.69) is 41.5 Å². The summed E-state index contributed by atoms with van der Waals surface area (Å²) in [6, 6.07) is 0. The molecule has 0 spiro atoms. The van der Waals surface area contributed by atoms with Gasteiger partial charge in [-0.3, -0.25) is 0 Å². The van der Waals surface area contributed by atoms with Crippen molar-refractivity contribution in [2.24, 2.45) is 28.1 Å². The molecule has 0 N–H and O–H groups in total. The maximum Gasteiger partial charge on any atom is -0.0257 e. The second kappa shape index (κ2) is 2.57. The van der Waals surface area contributed by atoms with E-state index in [1.54, 1.807) is 0 Å². The molecule has 2 aliphatic carbocycles. The number of fused-ring (bicyclic) bond motifs is 2. The van der Waals surface area contributed by atoms with Crippen molar-refractivity contribution < 1.29 is 0 Å². The Balaban J connectivity index is 2.40. The first-order valence-corrected chi connectivity index (χ1v) is 6.18. The van der Waals surface area contributed by atoms with Gasteiger partial charge < -0.3 is 0 Å². The summed E-state index contributed by atoms with van der Waals surface area (Å²) < 4.78 is 0. The Labute approximate surface area is 89.5 Å². The molecule has 3 atom stereocenters. The molecule has 14 heavy (non-hydrogen) atoms. The van der Waals surface area contributed by atoms with E-state index >= 15 is 0 Å². The second-order valence-electron chi connectivity index (χ2n) is 7.71. The van der Waals surface area contributed by atoms with Gasteiger partial charge in [0, 0.05) is 0 Å². The highest BCUT2D eigenvalue weighted by molar-refractivity contribution is 5.11. The van der Waals surface area contributed by atoms with Crippen LogP contribution < -0.4 is 0 Å². The van der Waals surface area contributed by atoms with Crippen molar-refractivity contribution in [1.29, 1.82) is 0 Å². The zero-order valence-corrected chi connectivity index (χ0v) is 10.8. The van der Waals surface area contributed by atoms with E-state index in [0.29, 0.717) is 16.2 Å². The largest absolute Gasteiger partial charge is 0.0599 e. The first-order valence-electron chi connectivity index (χ1n) is 6.18. The van der Waals surface area contributed by atoms with Crippen molar-refractivity contribution in [3.63, 3.8) is 0 Å². The van der Waals surface area contributed by atoms with E-state index in [-0.39, 0.29) is 0 Å². The summed E-state index contributed by atoms with van der Waals surface area (Å²) in [7, 11) is 0. The van der Waals surface area contributed by atoms with Crippen LogP contribution in [0.4, 0.5) is 0 Å². The van der Waals surface area contributed by atoms with Crippen LogP contribution in [0.1, 0.15) is 60.8 Å². The molecule has 2 fully saturated rings. The lowest BCUT2D eigenvalue weighted by molar-refractivity contribution is -0.0115. The molecule has 2 bridgehead atoms. The summed E-state index contributed by atoms with van der Waals surface area (Å²) >= 11 is 0. The summed E-state index contributed by atoms with van der Waals surface area (Å²) in [6.07, 6.45) is 4.45. The fourth-order valence-corrected chi connectivity index (χ4v) is 5.46. The minimum Gasteiger partial charge on any atom is -0.0599 e. The Hall–Kier alpha value is 0. The molecule has 0 heteroatoms. The van der Waals surface area contributed by atoms with Gasteiger partial charge in [0.2, 0.25) is 0 Å². The van der Waals surface area contributed by atoms with E-state index in [1.807, 2.05) is 0 Å². The van der Waals surface area contributed by atoms with Crippen LogP contribution in [0.2, 0.25) is 0 Å². The summed E-state index contributed by atoms with van der Waals surface area (Å²) in [6.45, 7) is 14.9. The Bertz CT molecular complexity index is 238. The number of hydrogen-bond acceptors (Lipinski definition) is 0. The maximum absolute atomic E-state index is 2.54. The summed E-state index contributed by atoms with van der Waals surface area (Å²) in [5, 5.41) is 0. The lowest BCUT2D eigenvalue weighted by Gasteiger charge is -2.50. The molecule has 1 unspecified atom stereocenters. The molecule has 0 heterocycles. The topological polar surface area (TPSA) is 0 Å². The molecule has 0 amide bonds.